The largest absolute Gasteiger partial charge is 0.453 e. The number of ether oxygens (including phenoxy) is 2. The van der Waals surface area contributed by atoms with Crippen LogP contribution in [0, 0.1) is 11.8 Å². The molecule has 2 aromatic heterocycles. The summed E-state index contributed by atoms with van der Waals surface area (Å²) in [5, 5.41) is 7.59. The number of amides is 4. The van der Waals surface area contributed by atoms with Crippen LogP contribution in [0.2, 0.25) is 0 Å². The molecule has 4 heterocycles. The molecular weight excluding hydrogens is 775 g/mol. The molecule has 3 aromatic carbocycles. The van der Waals surface area contributed by atoms with Gasteiger partial charge in [-0.2, -0.15) is 0 Å². The third-order valence-corrected chi connectivity index (χ3v) is 11.9. The van der Waals surface area contributed by atoms with Gasteiger partial charge in [-0.25, -0.2) is 19.6 Å². The average Bonchev–Trinajstić information content (AvgIpc) is 4.10. The zero-order valence-electron chi connectivity index (χ0n) is 36.0. The maximum absolute atomic E-state index is 14.0. The van der Waals surface area contributed by atoms with Crippen LogP contribution in [0.5, 0.6) is 0 Å². The number of rotatable bonds is 13. The van der Waals surface area contributed by atoms with Crippen LogP contribution in [-0.2, 0) is 19.1 Å². The average molecular weight is 832 g/mol. The summed E-state index contributed by atoms with van der Waals surface area (Å²) in [4.78, 5) is 73.7. The Bertz CT molecular complexity index is 2350. The summed E-state index contributed by atoms with van der Waals surface area (Å²) in [5.74, 6) is 1.29. The molecule has 0 spiro atoms. The zero-order chi connectivity index (χ0) is 43.4. The number of aromatic nitrogens is 4. The van der Waals surface area contributed by atoms with E-state index in [-0.39, 0.29) is 35.7 Å². The van der Waals surface area contributed by atoms with Gasteiger partial charge in [-0.3, -0.25) is 9.59 Å². The summed E-state index contributed by atoms with van der Waals surface area (Å²) in [6, 6.07) is 19.3. The van der Waals surface area contributed by atoms with Crippen LogP contribution in [0.1, 0.15) is 70.2 Å². The van der Waals surface area contributed by atoms with Gasteiger partial charge in [0.25, 0.3) is 0 Å². The lowest BCUT2D eigenvalue weighted by atomic mass is 9.98. The number of nitrogens with zero attached hydrogens (tertiary/aromatic N) is 5. The Morgan fingerprint density at radius 2 is 1.34 bits per heavy atom. The van der Waals surface area contributed by atoms with E-state index in [1.807, 2.05) is 52.2 Å². The number of nitrogens with one attached hydrogen (secondary N) is 4. The smallest absolute Gasteiger partial charge is 0.407 e. The van der Waals surface area contributed by atoms with E-state index in [1.165, 1.54) is 14.2 Å². The third-order valence-electron chi connectivity index (χ3n) is 11.9. The highest BCUT2D eigenvalue weighted by Crippen LogP contribution is 2.37. The molecule has 61 heavy (non-hydrogen) atoms. The van der Waals surface area contributed by atoms with Gasteiger partial charge >= 0.3 is 12.2 Å². The SMILES string of the molecule is CCC(NC(=O)OC)C(=O)N1CCCC1c1ncc(-c2ccc3cc(-c4ccc(-c5cnc(C6CC(CN(C)C)CN6C(=O)C(NC(=O)OC)C(C)C)[nH]5)cc4)ccc3c2)[nH]1. The fraction of sp³-hybridized carbons (Fsp3) is 0.435. The molecule has 0 saturated carbocycles. The van der Waals surface area contributed by atoms with E-state index in [0.717, 1.165) is 81.9 Å². The first-order valence-electron chi connectivity index (χ1n) is 21.1. The summed E-state index contributed by atoms with van der Waals surface area (Å²) >= 11 is 0. The Hall–Kier alpha value is -6.22. The first-order valence-corrected chi connectivity index (χ1v) is 21.1. The van der Waals surface area contributed by atoms with Crippen LogP contribution >= 0.6 is 0 Å². The molecule has 4 amide bonds. The van der Waals surface area contributed by atoms with Gasteiger partial charge in [0.1, 0.15) is 23.7 Å². The lowest BCUT2D eigenvalue weighted by Crippen LogP contribution is -2.51. The second kappa shape index (κ2) is 18.6. The van der Waals surface area contributed by atoms with Crippen molar-refractivity contribution >= 4 is 34.8 Å². The number of hydrogen-bond donors (Lipinski definition) is 4. The van der Waals surface area contributed by atoms with Gasteiger partial charge in [0.15, 0.2) is 0 Å². The van der Waals surface area contributed by atoms with Crippen LogP contribution in [0.15, 0.2) is 73.1 Å². The van der Waals surface area contributed by atoms with E-state index in [1.54, 1.807) is 4.90 Å². The van der Waals surface area contributed by atoms with Gasteiger partial charge in [-0.1, -0.05) is 69.3 Å². The molecule has 5 unspecified atom stereocenters. The molecule has 15 nitrogen and oxygen atoms in total. The molecule has 7 rings (SSSR count). The highest BCUT2D eigenvalue weighted by molar-refractivity contribution is 5.91. The maximum atomic E-state index is 14.0. The fourth-order valence-electron chi connectivity index (χ4n) is 8.75. The standard InChI is InChI=1S/C46H57N9O6/c1-8-35(51-45(58)60-6)43(56)54-19-9-10-38(54)41-47-24-37(50-41)34-18-17-32-21-31(15-16-33(32)22-34)29-11-13-30(14-12-29)36-23-48-42(49-36)39-20-28(25-53(4)5)26-55(39)44(57)40(27(2)3)52-46(59)61-7/h11-18,21-24,27-28,35,38-40H,8-10,19-20,25-26H2,1-7H3,(H,47,50)(H,48,49)(H,51,58)(H,52,59). The van der Waals surface area contributed by atoms with Crippen molar-refractivity contribution in [2.24, 2.45) is 11.8 Å². The number of fused-ring (bicyclic) bond motifs is 1. The van der Waals surface area contributed by atoms with E-state index in [2.05, 4.69) is 86.2 Å². The minimum Gasteiger partial charge on any atom is -0.453 e. The summed E-state index contributed by atoms with van der Waals surface area (Å²) < 4.78 is 9.55. The monoisotopic (exact) mass is 831 g/mol. The van der Waals surface area contributed by atoms with E-state index >= 15 is 0 Å². The Kier molecular flexibility index (Phi) is 13.1. The Labute approximate surface area is 356 Å². The van der Waals surface area contributed by atoms with Crippen molar-refractivity contribution in [2.75, 3.05) is 47.9 Å². The second-order valence-corrected chi connectivity index (χ2v) is 16.7. The molecule has 5 aromatic rings. The molecule has 5 atom stereocenters. The predicted molar refractivity (Wildman–Crippen MR) is 233 cm³/mol. The number of methoxy groups -OCH3 is 2. The molecule has 2 aliphatic heterocycles. The number of likely N-dealkylation sites (tertiary alicyclic amines) is 2. The van der Waals surface area contributed by atoms with Gasteiger partial charge in [0, 0.05) is 25.2 Å². The number of carbonyl (C=O) groups excluding carboxylic acids is 4. The molecule has 0 aliphatic carbocycles. The third kappa shape index (κ3) is 9.41. The minimum atomic E-state index is -0.718. The molecule has 2 saturated heterocycles. The number of hydrogen-bond acceptors (Lipinski definition) is 9. The van der Waals surface area contributed by atoms with Crippen molar-refractivity contribution in [3.8, 4) is 33.6 Å². The number of H-pyrrole nitrogens is 2. The van der Waals surface area contributed by atoms with Gasteiger partial charge in [0.05, 0.1) is 50.1 Å². The van der Waals surface area contributed by atoms with Crippen LogP contribution in [0.4, 0.5) is 9.59 Å². The van der Waals surface area contributed by atoms with Gasteiger partial charge < -0.3 is 44.8 Å². The van der Waals surface area contributed by atoms with Crippen molar-refractivity contribution in [3.05, 3.63) is 84.7 Å². The normalized spacial score (nSPS) is 18.7. The first-order chi connectivity index (χ1) is 29.4. The van der Waals surface area contributed by atoms with Crippen LogP contribution in [0.3, 0.4) is 0 Å². The highest BCUT2D eigenvalue weighted by Gasteiger charge is 2.42. The van der Waals surface area contributed by atoms with Gasteiger partial charge in [-0.05, 0) is 91.2 Å². The number of alkyl carbamates (subject to hydrolysis) is 2. The zero-order valence-corrected chi connectivity index (χ0v) is 36.0. The Morgan fingerprint density at radius 3 is 1.97 bits per heavy atom. The second-order valence-electron chi connectivity index (χ2n) is 16.7. The molecule has 15 heteroatoms. The molecular formula is C46H57N9O6. The lowest BCUT2D eigenvalue weighted by molar-refractivity contribution is -0.136. The van der Waals surface area contributed by atoms with Crippen LogP contribution in [-0.4, -0.2) is 119 Å². The van der Waals surface area contributed by atoms with Crippen molar-refractivity contribution < 1.29 is 28.7 Å². The summed E-state index contributed by atoms with van der Waals surface area (Å²) in [6.07, 6.45) is 5.25. The molecule has 4 N–H and O–H groups in total. The summed E-state index contributed by atoms with van der Waals surface area (Å²) in [5.41, 5.74) is 5.87. The summed E-state index contributed by atoms with van der Waals surface area (Å²) in [6.45, 7) is 7.69. The van der Waals surface area contributed by atoms with E-state index < -0.39 is 24.3 Å². The number of carbonyl (C=O) groups is 4. The number of aromatic amines is 2. The molecule has 2 fully saturated rings. The lowest BCUT2D eigenvalue weighted by Gasteiger charge is -2.30. The quantitative estimate of drug-likeness (QED) is 0.0981. The molecule has 322 valence electrons. The molecule has 0 radical (unpaired) electrons. The Morgan fingerprint density at radius 1 is 0.770 bits per heavy atom. The van der Waals surface area contributed by atoms with E-state index in [0.29, 0.717) is 19.5 Å². The molecule has 0 bridgehead atoms. The van der Waals surface area contributed by atoms with Gasteiger partial charge in [-0.15, -0.1) is 0 Å². The van der Waals surface area contributed by atoms with E-state index in [9.17, 15) is 19.2 Å². The summed E-state index contributed by atoms with van der Waals surface area (Å²) in [7, 11) is 6.65. The Balaban J connectivity index is 1.04. The van der Waals surface area contributed by atoms with Crippen molar-refractivity contribution in [1.29, 1.82) is 0 Å². The van der Waals surface area contributed by atoms with Crippen molar-refractivity contribution in [3.63, 3.8) is 0 Å². The fourth-order valence-corrected chi connectivity index (χ4v) is 8.75. The maximum Gasteiger partial charge on any atom is 0.407 e. The van der Waals surface area contributed by atoms with Crippen molar-refractivity contribution in [2.45, 2.75) is 70.6 Å². The number of imidazole rings is 2. The minimum absolute atomic E-state index is 0.129. The van der Waals surface area contributed by atoms with E-state index in [4.69, 9.17) is 19.4 Å². The highest BCUT2D eigenvalue weighted by atomic mass is 16.5. The predicted octanol–water partition coefficient (Wildman–Crippen LogP) is 6.92. The van der Waals surface area contributed by atoms with Crippen molar-refractivity contribution in [1.82, 2.24) is 45.3 Å². The number of benzene rings is 3. The van der Waals surface area contributed by atoms with Gasteiger partial charge in [0.2, 0.25) is 11.8 Å². The molecule has 2 aliphatic rings. The first kappa shape index (κ1) is 42.9. The van der Waals surface area contributed by atoms with Crippen LogP contribution in [0.25, 0.3) is 44.4 Å². The topological polar surface area (TPSA) is 178 Å². The van der Waals surface area contributed by atoms with Crippen LogP contribution < -0.4 is 10.6 Å².